The monoisotopic (exact) mass is 506 g/mol. The molecule has 4 heteroatoms. The van der Waals surface area contributed by atoms with E-state index in [4.69, 9.17) is 9.47 Å². The summed E-state index contributed by atoms with van der Waals surface area (Å²) in [7, 11) is 0. The highest BCUT2D eigenvalue weighted by molar-refractivity contribution is 5.73. The van der Waals surface area contributed by atoms with Crippen molar-refractivity contribution in [2.75, 3.05) is 13.2 Å². The minimum absolute atomic E-state index is 0.0620. The van der Waals surface area contributed by atoms with Crippen LogP contribution in [0.1, 0.15) is 161 Å². The fraction of sp³-hybridized carbons (Fsp3) is 0.938. The Kier molecular flexibility index (Phi) is 18.1. The van der Waals surface area contributed by atoms with Crippen LogP contribution in [0, 0.1) is 17.8 Å². The Morgan fingerprint density at radius 1 is 0.528 bits per heavy atom. The quantitative estimate of drug-likeness (QED) is 0.108. The van der Waals surface area contributed by atoms with Gasteiger partial charge in [0.25, 0.3) is 0 Å². The van der Waals surface area contributed by atoms with Gasteiger partial charge in [0.1, 0.15) is 0 Å². The number of unbranched alkanes of at least 4 members (excludes halogenated alkanes) is 12. The van der Waals surface area contributed by atoms with Crippen LogP contribution < -0.4 is 0 Å². The molecule has 2 aliphatic rings. The van der Waals surface area contributed by atoms with Gasteiger partial charge in [0, 0.05) is 0 Å². The van der Waals surface area contributed by atoms with Crippen LogP contribution in [0.25, 0.3) is 0 Å². The second-order valence-corrected chi connectivity index (χ2v) is 11.9. The van der Waals surface area contributed by atoms with Crippen molar-refractivity contribution in [2.24, 2.45) is 17.8 Å². The molecule has 0 bridgehead atoms. The molecule has 2 aliphatic carbocycles. The van der Waals surface area contributed by atoms with E-state index in [0.29, 0.717) is 13.2 Å². The molecule has 36 heavy (non-hydrogen) atoms. The fourth-order valence-electron chi connectivity index (χ4n) is 6.01. The van der Waals surface area contributed by atoms with Crippen molar-refractivity contribution in [1.82, 2.24) is 0 Å². The number of esters is 2. The highest BCUT2D eigenvalue weighted by atomic mass is 16.5. The first-order valence-corrected chi connectivity index (χ1v) is 16.0. The maximum Gasteiger partial charge on any atom is 0.308 e. The third-order valence-corrected chi connectivity index (χ3v) is 8.55. The molecule has 0 aromatic carbocycles. The van der Waals surface area contributed by atoms with Crippen molar-refractivity contribution in [1.29, 1.82) is 0 Å². The van der Waals surface area contributed by atoms with Crippen LogP contribution in [0.2, 0.25) is 0 Å². The molecule has 2 rings (SSSR count). The van der Waals surface area contributed by atoms with Gasteiger partial charge in [0.05, 0.1) is 25.0 Å². The Balaban J connectivity index is 1.23. The lowest BCUT2D eigenvalue weighted by atomic mass is 9.96. The average Bonchev–Trinajstić information content (AvgIpc) is 3.61. The van der Waals surface area contributed by atoms with Gasteiger partial charge >= 0.3 is 11.9 Å². The zero-order valence-corrected chi connectivity index (χ0v) is 23.7. The SMILES string of the molecule is CC(CCCCCCCCCOC(=O)C1CCCC1)CCCCCCCCCOC(=O)C1CCCC1. The van der Waals surface area contributed by atoms with Crippen LogP contribution in [-0.2, 0) is 19.1 Å². The molecule has 210 valence electrons. The van der Waals surface area contributed by atoms with Gasteiger partial charge in [-0.2, -0.15) is 0 Å². The minimum Gasteiger partial charge on any atom is -0.465 e. The number of hydrogen-bond donors (Lipinski definition) is 0. The lowest BCUT2D eigenvalue weighted by Gasteiger charge is -2.11. The molecule has 2 saturated carbocycles. The van der Waals surface area contributed by atoms with E-state index >= 15 is 0 Å². The van der Waals surface area contributed by atoms with Crippen molar-refractivity contribution < 1.29 is 19.1 Å². The van der Waals surface area contributed by atoms with Crippen LogP contribution in [0.15, 0.2) is 0 Å². The van der Waals surface area contributed by atoms with E-state index in [2.05, 4.69) is 6.92 Å². The summed E-state index contributed by atoms with van der Waals surface area (Å²) in [5.41, 5.74) is 0. The summed E-state index contributed by atoms with van der Waals surface area (Å²) < 4.78 is 10.9. The molecule has 0 atom stereocenters. The number of rotatable bonds is 22. The molecule has 0 aromatic rings. The standard InChI is InChI=1S/C32H58O4/c1-28(20-12-8-4-2-6-10-18-26-35-31(33)29-22-14-15-23-29)21-13-9-5-3-7-11-19-27-36-32(34)30-24-16-17-25-30/h28-30H,2-27H2,1H3. The normalized spacial score (nSPS) is 16.7. The summed E-state index contributed by atoms with van der Waals surface area (Å²) in [6.07, 6.45) is 29.6. The minimum atomic E-state index is 0.0620. The van der Waals surface area contributed by atoms with Crippen LogP contribution in [0.5, 0.6) is 0 Å². The van der Waals surface area contributed by atoms with Gasteiger partial charge in [0.15, 0.2) is 0 Å². The molecule has 0 unspecified atom stereocenters. The molecule has 4 nitrogen and oxygen atoms in total. The van der Waals surface area contributed by atoms with E-state index in [1.165, 1.54) is 116 Å². The van der Waals surface area contributed by atoms with Crippen LogP contribution in [0.3, 0.4) is 0 Å². The molecule has 0 saturated heterocycles. The Morgan fingerprint density at radius 2 is 0.833 bits per heavy atom. The number of carbonyl (C=O) groups excluding carboxylic acids is 2. The molecular formula is C32H58O4. The van der Waals surface area contributed by atoms with Gasteiger partial charge in [-0.1, -0.05) is 122 Å². The molecule has 0 amide bonds. The average molecular weight is 507 g/mol. The predicted molar refractivity (Wildman–Crippen MR) is 149 cm³/mol. The second-order valence-electron chi connectivity index (χ2n) is 11.9. The van der Waals surface area contributed by atoms with E-state index < -0.39 is 0 Å². The van der Waals surface area contributed by atoms with Crippen molar-refractivity contribution >= 4 is 11.9 Å². The first-order valence-electron chi connectivity index (χ1n) is 16.0. The van der Waals surface area contributed by atoms with E-state index in [-0.39, 0.29) is 23.8 Å². The van der Waals surface area contributed by atoms with Crippen molar-refractivity contribution in [3.8, 4) is 0 Å². The maximum absolute atomic E-state index is 11.9. The summed E-state index contributed by atoms with van der Waals surface area (Å²) in [6.45, 7) is 3.69. The van der Waals surface area contributed by atoms with Crippen LogP contribution >= 0.6 is 0 Å². The largest absolute Gasteiger partial charge is 0.465 e. The Hall–Kier alpha value is -1.06. The Bertz CT molecular complexity index is 500. The zero-order chi connectivity index (χ0) is 25.7. The summed E-state index contributed by atoms with van der Waals surface area (Å²) in [5, 5.41) is 0. The molecule has 0 spiro atoms. The van der Waals surface area contributed by atoms with Crippen molar-refractivity contribution in [2.45, 2.75) is 161 Å². The molecule has 0 aromatic heterocycles. The van der Waals surface area contributed by atoms with E-state index in [0.717, 1.165) is 44.4 Å². The molecule has 0 N–H and O–H groups in total. The summed E-state index contributed by atoms with van der Waals surface area (Å²) in [4.78, 5) is 23.8. The predicted octanol–water partition coefficient (Wildman–Crippen LogP) is 9.33. The Morgan fingerprint density at radius 3 is 1.19 bits per heavy atom. The molecule has 2 fully saturated rings. The third kappa shape index (κ3) is 15.3. The van der Waals surface area contributed by atoms with E-state index in [1.54, 1.807) is 0 Å². The molecule has 0 aliphatic heterocycles. The number of ether oxygens (including phenoxy) is 2. The molecular weight excluding hydrogens is 448 g/mol. The van der Waals surface area contributed by atoms with Gasteiger partial charge in [-0.3, -0.25) is 9.59 Å². The lowest BCUT2D eigenvalue weighted by Crippen LogP contribution is -2.15. The summed E-state index contributed by atoms with van der Waals surface area (Å²) in [6, 6.07) is 0. The summed E-state index contributed by atoms with van der Waals surface area (Å²) in [5.74, 6) is 1.40. The van der Waals surface area contributed by atoms with Crippen molar-refractivity contribution in [3.05, 3.63) is 0 Å². The summed E-state index contributed by atoms with van der Waals surface area (Å²) >= 11 is 0. The lowest BCUT2D eigenvalue weighted by molar-refractivity contribution is -0.149. The fourth-order valence-corrected chi connectivity index (χ4v) is 6.01. The van der Waals surface area contributed by atoms with Gasteiger partial charge < -0.3 is 9.47 Å². The van der Waals surface area contributed by atoms with Crippen LogP contribution in [0.4, 0.5) is 0 Å². The molecule has 0 radical (unpaired) electrons. The number of hydrogen-bond acceptors (Lipinski definition) is 4. The van der Waals surface area contributed by atoms with Gasteiger partial charge in [-0.25, -0.2) is 0 Å². The maximum atomic E-state index is 11.9. The zero-order valence-electron chi connectivity index (χ0n) is 23.7. The number of carbonyl (C=O) groups is 2. The van der Waals surface area contributed by atoms with E-state index in [1.807, 2.05) is 0 Å². The van der Waals surface area contributed by atoms with Gasteiger partial charge in [-0.05, 0) is 44.4 Å². The van der Waals surface area contributed by atoms with Crippen molar-refractivity contribution in [3.63, 3.8) is 0 Å². The second kappa shape index (κ2) is 20.9. The topological polar surface area (TPSA) is 52.6 Å². The van der Waals surface area contributed by atoms with Crippen LogP contribution in [-0.4, -0.2) is 25.2 Å². The highest BCUT2D eigenvalue weighted by Crippen LogP contribution is 2.26. The third-order valence-electron chi connectivity index (χ3n) is 8.55. The Labute approximate surface area is 223 Å². The smallest absolute Gasteiger partial charge is 0.308 e. The van der Waals surface area contributed by atoms with Gasteiger partial charge in [-0.15, -0.1) is 0 Å². The van der Waals surface area contributed by atoms with Gasteiger partial charge in [0.2, 0.25) is 0 Å². The highest BCUT2D eigenvalue weighted by Gasteiger charge is 2.24. The molecule has 0 heterocycles. The first kappa shape index (κ1) is 31.2. The van der Waals surface area contributed by atoms with E-state index in [9.17, 15) is 9.59 Å². The first-order chi connectivity index (χ1) is 17.7.